The Morgan fingerprint density at radius 2 is 2.00 bits per heavy atom. The minimum Gasteiger partial charge on any atom is -0.493 e. The molecule has 0 aliphatic carbocycles. The van der Waals surface area contributed by atoms with E-state index in [9.17, 15) is 4.79 Å². The number of aromatic nitrogens is 3. The summed E-state index contributed by atoms with van der Waals surface area (Å²) < 4.78 is 13.0. The first-order chi connectivity index (χ1) is 12.7. The SMILES string of the molecule is Cc1cc(=O)oc2cc(OCCCCn3nnc4ccccc43)ccc12. The minimum atomic E-state index is -0.341. The molecule has 26 heavy (non-hydrogen) atoms. The lowest BCUT2D eigenvalue weighted by Crippen LogP contribution is -2.04. The number of fused-ring (bicyclic) bond motifs is 2. The Morgan fingerprint density at radius 1 is 1.12 bits per heavy atom. The highest BCUT2D eigenvalue weighted by molar-refractivity contribution is 5.81. The molecule has 0 aliphatic heterocycles. The third kappa shape index (κ3) is 3.31. The fourth-order valence-corrected chi connectivity index (χ4v) is 3.03. The van der Waals surface area contributed by atoms with Crippen molar-refractivity contribution in [2.24, 2.45) is 0 Å². The highest BCUT2D eigenvalue weighted by atomic mass is 16.5. The second-order valence-corrected chi connectivity index (χ2v) is 6.26. The molecule has 0 N–H and O–H groups in total. The zero-order valence-electron chi connectivity index (χ0n) is 14.5. The summed E-state index contributed by atoms with van der Waals surface area (Å²) in [6.07, 6.45) is 1.83. The number of unbranched alkanes of at least 4 members (excludes halogenated alkanes) is 1. The lowest BCUT2D eigenvalue weighted by atomic mass is 10.1. The molecule has 0 atom stereocenters. The molecule has 0 unspecified atom stereocenters. The molecule has 2 aromatic heterocycles. The molecule has 4 aromatic rings. The second-order valence-electron chi connectivity index (χ2n) is 6.26. The van der Waals surface area contributed by atoms with Crippen molar-refractivity contribution in [2.75, 3.05) is 6.61 Å². The number of hydrogen-bond donors (Lipinski definition) is 0. The van der Waals surface area contributed by atoms with Crippen LogP contribution in [0.4, 0.5) is 0 Å². The minimum absolute atomic E-state index is 0.341. The van der Waals surface area contributed by atoms with Crippen molar-refractivity contribution in [1.29, 1.82) is 0 Å². The van der Waals surface area contributed by atoms with Crippen molar-refractivity contribution in [3.8, 4) is 5.75 Å². The molecule has 0 saturated heterocycles. The predicted molar refractivity (Wildman–Crippen MR) is 99.5 cm³/mol. The first-order valence-electron chi connectivity index (χ1n) is 8.66. The van der Waals surface area contributed by atoms with Crippen LogP contribution in [0.15, 0.2) is 57.7 Å². The molecule has 132 valence electrons. The van der Waals surface area contributed by atoms with Gasteiger partial charge in [0, 0.05) is 24.1 Å². The van der Waals surface area contributed by atoms with E-state index in [4.69, 9.17) is 9.15 Å². The van der Waals surface area contributed by atoms with Gasteiger partial charge in [0.2, 0.25) is 0 Å². The molecule has 2 aromatic carbocycles. The Balaban J connectivity index is 1.33. The average Bonchev–Trinajstić information content (AvgIpc) is 3.04. The van der Waals surface area contributed by atoms with Crippen molar-refractivity contribution in [3.63, 3.8) is 0 Å². The number of ether oxygens (including phenoxy) is 1. The normalized spacial score (nSPS) is 11.3. The molecule has 0 radical (unpaired) electrons. The van der Waals surface area contributed by atoms with Gasteiger partial charge in [-0.3, -0.25) is 0 Å². The van der Waals surface area contributed by atoms with E-state index >= 15 is 0 Å². The molecule has 0 bridgehead atoms. The maximum absolute atomic E-state index is 11.5. The van der Waals surface area contributed by atoms with Gasteiger partial charge in [-0.2, -0.15) is 0 Å². The van der Waals surface area contributed by atoms with Gasteiger partial charge in [0.25, 0.3) is 0 Å². The number of hydrogen-bond acceptors (Lipinski definition) is 5. The molecule has 0 spiro atoms. The second kappa shape index (κ2) is 7.00. The molecule has 0 amide bonds. The predicted octanol–water partition coefficient (Wildman–Crippen LogP) is 3.71. The molecule has 6 nitrogen and oxygen atoms in total. The van der Waals surface area contributed by atoms with Gasteiger partial charge in [0.1, 0.15) is 16.8 Å². The Hall–Kier alpha value is -3.15. The largest absolute Gasteiger partial charge is 0.493 e. The summed E-state index contributed by atoms with van der Waals surface area (Å²) in [5.74, 6) is 0.706. The molecule has 0 saturated carbocycles. The lowest BCUT2D eigenvalue weighted by Gasteiger charge is -2.08. The summed E-state index contributed by atoms with van der Waals surface area (Å²) in [6, 6.07) is 15.0. The third-order valence-electron chi connectivity index (χ3n) is 4.38. The van der Waals surface area contributed by atoms with Crippen LogP contribution >= 0.6 is 0 Å². The third-order valence-corrected chi connectivity index (χ3v) is 4.38. The smallest absolute Gasteiger partial charge is 0.336 e. The first kappa shape index (κ1) is 16.3. The zero-order chi connectivity index (χ0) is 17.9. The van der Waals surface area contributed by atoms with Crippen LogP contribution in [-0.4, -0.2) is 21.6 Å². The highest BCUT2D eigenvalue weighted by Gasteiger charge is 2.05. The topological polar surface area (TPSA) is 70.2 Å². The van der Waals surface area contributed by atoms with Gasteiger partial charge in [-0.25, -0.2) is 9.48 Å². The van der Waals surface area contributed by atoms with Crippen LogP contribution in [0.25, 0.3) is 22.0 Å². The van der Waals surface area contributed by atoms with Crippen molar-refractivity contribution in [1.82, 2.24) is 15.0 Å². The maximum atomic E-state index is 11.5. The van der Waals surface area contributed by atoms with Gasteiger partial charge < -0.3 is 9.15 Å². The standard InChI is InChI=1S/C20H19N3O3/c1-14-12-20(24)26-19-13-15(8-9-16(14)19)25-11-5-4-10-23-18-7-3-2-6-17(18)21-22-23/h2-3,6-9,12-13H,4-5,10-11H2,1H3. The van der Waals surface area contributed by atoms with E-state index in [0.717, 1.165) is 41.4 Å². The molecule has 0 fully saturated rings. The Kier molecular flexibility index (Phi) is 4.39. The van der Waals surface area contributed by atoms with Crippen LogP contribution in [0.2, 0.25) is 0 Å². The van der Waals surface area contributed by atoms with Gasteiger partial charge in [-0.05, 0) is 49.6 Å². The summed E-state index contributed by atoms with van der Waals surface area (Å²) in [5.41, 5.74) is 3.08. The van der Waals surface area contributed by atoms with E-state index in [1.807, 2.05) is 48.0 Å². The van der Waals surface area contributed by atoms with Gasteiger partial charge >= 0.3 is 5.63 Å². The van der Waals surface area contributed by atoms with Crippen molar-refractivity contribution in [3.05, 3.63) is 64.5 Å². The summed E-state index contributed by atoms with van der Waals surface area (Å²) in [7, 11) is 0. The molecule has 0 aliphatic rings. The van der Waals surface area contributed by atoms with Crippen molar-refractivity contribution >= 4 is 22.0 Å². The molecular weight excluding hydrogens is 330 g/mol. The number of benzene rings is 2. The average molecular weight is 349 g/mol. The molecule has 6 heteroatoms. The maximum Gasteiger partial charge on any atom is 0.336 e. The van der Waals surface area contributed by atoms with E-state index in [1.54, 1.807) is 6.07 Å². The summed E-state index contributed by atoms with van der Waals surface area (Å²) in [4.78, 5) is 11.5. The van der Waals surface area contributed by atoms with Crippen LogP contribution < -0.4 is 10.4 Å². The van der Waals surface area contributed by atoms with E-state index in [0.29, 0.717) is 17.9 Å². The van der Waals surface area contributed by atoms with Crippen LogP contribution in [0.3, 0.4) is 0 Å². The highest BCUT2D eigenvalue weighted by Crippen LogP contribution is 2.22. The zero-order valence-corrected chi connectivity index (χ0v) is 14.5. The summed E-state index contributed by atoms with van der Waals surface area (Å²) >= 11 is 0. The monoisotopic (exact) mass is 349 g/mol. The van der Waals surface area contributed by atoms with Crippen LogP contribution in [0.5, 0.6) is 5.75 Å². The van der Waals surface area contributed by atoms with Crippen LogP contribution in [0.1, 0.15) is 18.4 Å². The Morgan fingerprint density at radius 3 is 2.92 bits per heavy atom. The summed E-state index contributed by atoms with van der Waals surface area (Å²) in [6.45, 7) is 3.29. The van der Waals surface area contributed by atoms with Gasteiger partial charge in [-0.1, -0.05) is 17.3 Å². The quantitative estimate of drug-likeness (QED) is 0.392. The Bertz CT molecular complexity index is 1110. The van der Waals surface area contributed by atoms with Crippen molar-refractivity contribution in [2.45, 2.75) is 26.3 Å². The number of aryl methyl sites for hydroxylation is 2. The van der Waals surface area contributed by atoms with Gasteiger partial charge in [0.05, 0.1) is 12.1 Å². The molecular formula is C20H19N3O3. The number of rotatable bonds is 6. The van der Waals surface area contributed by atoms with E-state index in [-0.39, 0.29) is 5.63 Å². The lowest BCUT2D eigenvalue weighted by molar-refractivity contribution is 0.302. The molecule has 4 rings (SSSR count). The Labute approximate surface area is 150 Å². The first-order valence-corrected chi connectivity index (χ1v) is 8.66. The van der Waals surface area contributed by atoms with Crippen LogP contribution in [0, 0.1) is 6.92 Å². The fraction of sp³-hybridized carbons (Fsp3) is 0.250. The molecule has 2 heterocycles. The van der Waals surface area contributed by atoms with Crippen LogP contribution in [-0.2, 0) is 6.54 Å². The van der Waals surface area contributed by atoms with Gasteiger partial charge in [-0.15, -0.1) is 5.10 Å². The fourth-order valence-electron chi connectivity index (χ4n) is 3.03. The number of para-hydroxylation sites is 1. The van der Waals surface area contributed by atoms with Gasteiger partial charge in [0.15, 0.2) is 0 Å². The van der Waals surface area contributed by atoms with Crippen molar-refractivity contribution < 1.29 is 9.15 Å². The number of nitrogens with zero attached hydrogens (tertiary/aromatic N) is 3. The van der Waals surface area contributed by atoms with E-state index in [1.165, 1.54) is 6.07 Å². The van der Waals surface area contributed by atoms with E-state index in [2.05, 4.69) is 10.3 Å². The van der Waals surface area contributed by atoms with E-state index < -0.39 is 0 Å². The summed E-state index contributed by atoms with van der Waals surface area (Å²) in [5, 5.41) is 9.27.